The summed E-state index contributed by atoms with van der Waals surface area (Å²) in [5, 5.41) is 0. The Morgan fingerprint density at radius 2 is 1.70 bits per heavy atom. The number of nitrogens with two attached hydrogens (primary N) is 1. The highest BCUT2D eigenvalue weighted by atomic mass is 16.5. The summed E-state index contributed by atoms with van der Waals surface area (Å²) in [5.41, 5.74) is 7.39. The van der Waals surface area contributed by atoms with Crippen molar-refractivity contribution in [2.24, 2.45) is 5.73 Å². The van der Waals surface area contributed by atoms with Gasteiger partial charge in [-0.05, 0) is 29.3 Å². The Balaban J connectivity index is 2.08. The van der Waals surface area contributed by atoms with Crippen LogP contribution in [0.25, 0.3) is 6.08 Å². The first-order valence-electron chi connectivity index (χ1n) is 8.47. The fraction of sp³-hybridized carbons (Fsp3) is 0.190. The van der Waals surface area contributed by atoms with Crippen LogP contribution >= 0.6 is 0 Å². The van der Waals surface area contributed by atoms with E-state index in [1.807, 2.05) is 30.3 Å². The van der Waals surface area contributed by atoms with Crippen LogP contribution in [0.3, 0.4) is 0 Å². The number of rotatable bonds is 8. The van der Waals surface area contributed by atoms with Crippen molar-refractivity contribution >= 4 is 23.9 Å². The minimum atomic E-state index is -0.455. The van der Waals surface area contributed by atoms with E-state index >= 15 is 0 Å². The molecule has 2 aromatic rings. The first kappa shape index (κ1) is 19.9. The van der Waals surface area contributed by atoms with Crippen molar-refractivity contribution in [2.45, 2.75) is 13.0 Å². The average Bonchev–Trinajstić information content (AvgIpc) is 2.69. The Hall–Kier alpha value is -3.41. The molecule has 6 heteroatoms. The van der Waals surface area contributed by atoms with Crippen molar-refractivity contribution in [3.63, 3.8) is 0 Å². The maximum Gasteiger partial charge on any atom is 0.337 e. The SMILES string of the molecule is COC(=O)c1ccc(/C=C/C(=O)N(CCC(N)=O)Cc2ccccc2)cc1. The molecule has 0 aliphatic heterocycles. The van der Waals surface area contributed by atoms with Crippen molar-refractivity contribution < 1.29 is 19.1 Å². The summed E-state index contributed by atoms with van der Waals surface area (Å²) >= 11 is 0. The zero-order chi connectivity index (χ0) is 19.6. The Bertz CT molecular complexity index is 814. The molecule has 0 bridgehead atoms. The van der Waals surface area contributed by atoms with Crippen LogP contribution in [0, 0.1) is 0 Å². The van der Waals surface area contributed by atoms with Gasteiger partial charge in [0, 0.05) is 25.6 Å². The molecule has 0 aliphatic rings. The Morgan fingerprint density at radius 1 is 1.04 bits per heavy atom. The predicted octanol–water partition coefficient (Wildman–Crippen LogP) is 2.39. The van der Waals surface area contributed by atoms with Gasteiger partial charge in [0.1, 0.15) is 0 Å². The maximum atomic E-state index is 12.6. The van der Waals surface area contributed by atoms with E-state index in [0.29, 0.717) is 12.1 Å². The molecule has 0 unspecified atom stereocenters. The largest absolute Gasteiger partial charge is 0.465 e. The number of carbonyl (C=O) groups is 3. The molecule has 27 heavy (non-hydrogen) atoms. The molecule has 0 fully saturated rings. The van der Waals surface area contributed by atoms with Crippen molar-refractivity contribution in [3.8, 4) is 0 Å². The maximum absolute atomic E-state index is 12.6. The number of esters is 1. The second kappa shape index (κ2) is 9.91. The molecule has 2 N–H and O–H groups in total. The Labute approximate surface area is 158 Å². The number of nitrogens with zero attached hydrogens (tertiary/aromatic N) is 1. The molecular formula is C21H22N2O4. The lowest BCUT2D eigenvalue weighted by Gasteiger charge is -2.20. The average molecular weight is 366 g/mol. The first-order chi connectivity index (χ1) is 13.0. The van der Waals surface area contributed by atoms with Gasteiger partial charge in [-0.2, -0.15) is 0 Å². The number of hydrogen-bond acceptors (Lipinski definition) is 4. The van der Waals surface area contributed by atoms with E-state index in [4.69, 9.17) is 5.73 Å². The molecule has 0 saturated carbocycles. The summed E-state index contributed by atoms with van der Waals surface area (Å²) in [6, 6.07) is 16.2. The van der Waals surface area contributed by atoms with E-state index in [9.17, 15) is 14.4 Å². The number of primary amides is 1. The van der Waals surface area contributed by atoms with E-state index < -0.39 is 11.9 Å². The summed E-state index contributed by atoms with van der Waals surface area (Å²) in [5.74, 6) is -1.09. The number of benzene rings is 2. The van der Waals surface area contributed by atoms with Crippen molar-refractivity contribution in [2.75, 3.05) is 13.7 Å². The quantitative estimate of drug-likeness (QED) is 0.574. The van der Waals surface area contributed by atoms with Crippen LogP contribution in [0.1, 0.15) is 27.9 Å². The van der Waals surface area contributed by atoms with E-state index in [1.165, 1.54) is 13.2 Å². The highest BCUT2D eigenvalue weighted by Gasteiger charge is 2.12. The van der Waals surface area contributed by atoms with Crippen molar-refractivity contribution in [1.82, 2.24) is 4.90 Å². The van der Waals surface area contributed by atoms with E-state index in [1.54, 1.807) is 35.2 Å². The third-order valence-electron chi connectivity index (χ3n) is 3.91. The molecule has 0 aromatic heterocycles. The lowest BCUT2D eigenvalue weighted by atomic mass is 10.1. The molecule has 0 saturated heterocycles. The molecule has 0 spiro atoms. The second-order valence-corrected chi connectivity index (χ2v) is 5.91. The van der Waals surface area contributed by atoms with Crippen LogP contribution in [0.2, 0.25) is 0 Å². The van der Waals surface area contributed by atoms with Crippen LogP contribution < -0.4 is 5.73 Å². The van der Waals surface area contributed by atoms with Gasteiger partial charge >= 0.3 is 5.97 Å². The fourth-order valence-corrected chi connectivity index (χ4v) is 2.44. The number of ether oxygens (including phenoxy) is 1. The Morgan fingerprint density at radius 3 is 2.30 bits per heavy atom. The van der Waals surface area contributed by atoms with Gasteiger partial charge in [0.2, 0.25) is 11.8 Å². The van der Waals surface area contributed by atoms with Gasteiger partial charge in [-0.25, -0.2) is 4.79 Å². The minimum Gasteiger partial charge on any atom is -0.465 e. The summed E-state index contributed by atoms with van der Waals surface area (Å²) in [6.07, 6.45) is 3.20. The topological polar surface area (TPSA) is 89.7 Å². The molecule has 2 rings (SSSR count). The van der Waals surface area contributed by atoms with Crippen molar-refractivity contribution in [3.05, 3.63) is 77.4 Å². The third-order valence-corrected chi connectivity index (χ3v) is 3.91. The van der Waals surface area contributed by atoms with Gasteiger partial charge in [0.25, 0.3) is 0 Å². The smallest absolute Gasteiger partial charge is 0.337 e. The number of methoxy groups -OCH3 is 1. The van der Waals surface area contributed by atoms with E-state index in [-0.39, 0.29) is 18.9 Å². The van der Waals surface area contributed by atoms with E-state index in [0.717, 1.165) is 11.1 Å². The van der Waals surface area contributed by atoms with Gasteiger partial charge in [0.05, 0.1) is 12.7 Å². The zero-order valence-corrected chi connectivity index (χ0v) is 15.1. The molecular weight excluding hydrogens is 344 g/mol. The van der Waals surface area contributed by atoms with Crippen LogP contribution in [-0.4, -0.2) is 36.3 Å². The molecule has 2 amide bonds. The second-order valence-electron chi connectivity index (χ2n) is 5.91. The standard InChI is InChI=1S/C21H22N2O4/c1-27-21(26)18-10-7-16(8-11-18)9-12-20(25)23(14-13-19(22)24)15-17-5-3-2-4-6-17/h2-12H,13-15H2,1H3,(H2,22,24)/b12-9+. The molecule has 0 radical (unpaired) electrons. The van der Waals surface area contributed by atoms with Crippen LogP contribution in [-0.2, 0) is 20.9 Å². The molecule has 0 aliphatic carbocycles. The first-order valence-corrected chi connectivity index (χ1v) is 8.47. The Kier molecular flexibility index (Phi) is 7.31. The van der Waals surface area contributed by atoms with Crippen LogP contribution in [0.4, 0.5) is 0 Å². The van der Waals surface area contributed by atoms with Crippen molar-refractivity contribution in [1.29, 1.82) is 0 Å². The lowest BCUT2D eigenvalue weighted by molar-refractivity contribution is -0.127. The molecule has 140 valence electrons. The predicted molar refractivity (Wildman–Crippen MR) is 102 cm³/mol. The molecule has 0 atom stereocenters. The number of amides is 2. The van der Waals surface area contributed by atoms with Crippen LogP contribution in [0.15, 0.2) is 60.7 Å². The van der Waals surface area contributed by atoms with E-state index in [2.05, 4.69) is 4.74 Å². The third kappa shape index (κ3) is 6.43. The normalized spacial score (nSPS) is 10.6. The summed E-state index contributed by atoms with van der Waals surface area (Å²) < 4.78 is 4.65. The summed E-state index contributed by atoms with van der Waals surface area (Å²) in [6.45, 7) is 0.632. The highest BCUT2D eigenvalue weighted by molar-refractivity contribution is 5.92. The number of hydrogen-bond donors (Lipinski definition) is 1. The highest BCUT2D eigenvalue weighted by Crippen LogP contribution is 2.10. The summed E-state index contributed by atoms with van der Waals surface area (Å²) in [7, 11) is 1.32. The van der Waals surface area contributed by atoms with Gasteiger partial charge in [-0.1, -0.05) is 42.5 Å². The molecule has 6 nitrogen and oxygen atoms in total. The monoisotopic (exact) mass is 366 g/mol. The summed E-state index contributed by atoms with van der Waals surface area (Å²) in [4.78, 5) is 36.7. The lowest BCUT2D eigenvalue weighted by Crippen LogP contribution is -2.32. The van der Waals surface area contributed by atoms with Crippen LogP contribution in [0.5, 0.6) is 0 Å². The van der Waals surface area contributed by atoms with Gasteiger partial charge in [-0.15, -0.1) is 0 Å². The molecule has 0 heterocycles. The number of carbonyl (C=O) groups excluding carboxylic acids is 3. The molecule has 2 aromatic carbocycles. The van der Waals surface area contributed by atoms with Gasteiger partial charge < -0.3 is 15.4 Å². The zero-order valence-electron chi connectivity index (χ0n) is 15.1. The van der Waals surface area contributed by atoms with Gasteiger partial charge in [0.15, 0.2) is 0 Å². The van der Waals surface area contributed by atoms with Gasteiger partial charge in [-0.3, -0.25) is 9.59 Å². The fourth-order valence-electron chi connectivity index (χ4n) is 2.44. The minimum absolute atomic E-state index is 0.0975.